The third-order valence-electron chi connectivity index (χ3n) is 2.72. The first-order valence-corrected chi connectivity index (χ1v) is 6.49. The van der Waals surface area contributed by atoms with Crippen LogP contribution in [0.4, 0.5) is 0 Å². The molecule has 0 amide bonds. The number of carboxylic acid groups (broad SMARTS) is 1. The number of nitrogens with one attached hydrogen (secondary N) is 1. The highest BCUT2D eigenvalue weighted by atomic mass is 32.1. The normalized spacial score (nSPS) is 12.3. The van der Waals surface area contributed by atoms with Crippen molar-refractivity contribution >= 4 is 17.3 Å². The highest BCUT2D eigenvalue weighted by Crippen LogP contribution is 2.18. The van der Waals surface area contributed by atoms with E-state index in [-0.39, 0.29) is 6.04 Å². The minimum Gasteiger partial charge on any atom is -0.477 e. The van der Waals surface area contributed by atoms with Crippen LogP contribution in [-0.2, 0) is 6.54 Å². The van der Waals surface area contributed by atoms with E-state index in [0.29, 0.717) is 11.4 Å². The van der Waals surface area contributed by atoms with Crippen LogP contribution in [0.25, 0.3) is 0 Å². The molecule has 2 heterocycles. The topological polar surface area (TPSA) is 62.2 Å². The molecule has 2 N–H and O–H groups in total. The minimum absolute atomic E-state index is 0.139. The molecule has 2 aromatic rings. The molecule has 0 fully saturated rings. The number of hydrogen-bond donors (Lipinski definition) is 2. The summed E-state index contributed by atoms with van der Waals surface area (Å²) in [7, 11) is 0. The van der Waals surface area contributed by atoms with Gasteiger partial charge in [-0.05, 0) is 35.6 Å². The largest absolute Gasteiger partial charge is 0.477 e. The molecular formula is C13H14N2O2S. The molecule has 2 aromatic heterocycles. The van der Waals surface area contributed by atoms with E-state index in [1.807, 2.05) is 31.3 Å². The molecule has 0 saturated heterocycles. The fraction of sp³-hybridized carbons (Fsp3) is 0.231. The fourth-order valence-corrected chi connectivity index (χ4v) is 2.44. The van der Waals surface area contributed by atoms with Crippen LogP contribution >= 0.6 is 11.3 Å². The molecule has 0 saturated carbocycles. The Bertz CT molecular complexity index is 525. The Hall–Kier alpha value is -1.72. The summed E-state index contributed by atoms with van der Waals surface area (Å²) in [5.74, 6) is -0.865. The Balaban J connectivity index is 1.99. The van der Waals surface area contributed by atoms with Crippen molar-refractivity contribution in [2.45, 2.75) is 19.5 Å². The van der Waals surface area contributed by atoms with E-state index in [1.54, 1.807) is 11.6 Å². The van der Waals surface area contributed by atoms with Gasteiger partial charge in [0, 0.05) is 25.0 Å². The van der Waals surface area contributed by atoms with Crippen molar-refractivity contribution in [2.75, 3.05) is 0 Å². The zero-order valence-electron chi connectivity index (χ0n) is 9.96. The molecule has 0 radical (unpaired) electrons. The van der Waals surface area contributed by atoms with Crippen LogP contribution in [0, 0.1) is 0 Å². The summed E-state index contributed by atoms with van der Waals surface area (Å²) in [5.41, 5.74) is 1.91. The average Bonchev–Trinajstić information content (AvgIpc) is 2.85. The number of rotatable bonds is 5. The second kappa shape index (κ2) is 5.75. The molecular weight excluding hydrogens is 248 g/mol. The van der Waals surface area contributed by atoms with Crippen LogP contribution in [0.1, 0.15) is 33.8 Å². The average molecular weight is 262 g/mol. The van der Waals surface area contributed by atoms with Gasteiger partial charge in [0.2, 0.25) is 0 Å². The standard InChI is InChI=1S/C13H14N2O2S/c1-9(10-3-2-5-14-7-10)15-8-11-4-6-18-12(11)13(16)17/h2-7,9,15H,8H2,1H3,(H,16,17)/t9-/m1/s1. The van der Waals surface area contributed by atoms with Gasteiger partial charge in [-0.3, -0.25) is 4.98 Å². The molecule has 0 bridgehead atoms. The van der Waals surface area contributed by atoms with Crippen molar-refractivity contribution in [3.05, 3.63) is 52.0 Å². The quantitative estimate of drug-likeness (QED) is 0.869. The van der Waals surface area contributed by atoms with Crippen molar-refractivity contribution in [1.82, 2.24) is 10.3 Å². The molecule has 2 rings (SSSR count). The van der Waals surface area contributed by atoms with E-state index >= 15 is 0 Å². The number of pyridine rings is 1. The third-order valence-corrected chi connectivity index (χ3v) is 3.67. The molecule has 1 atom stereocenters. The maximum Gasteiger partial charge on any atom is 0.346 e. The van der Waals surface area contributed by atoms with Crippen LogP contribution in [0.2, 0.25) is 0 Å². The Kier molecular flexibility index (Phi) is 4.07. The van der Waals surface area contributed by atoms with E-state index < -0.39 is 5.97 Å². The number of hydrogen-bond acceptors (Lipinski definition) is 4. The van der Waals surface area contributed by atoms with Gasteiger partial charge in [0.05, 0.1) is 0 Å². The lowest BCUT2D eigenvalue weighted by Crippen LogP contribution is -2.19. The summed E-state index contributed by atoms with van der Waals surface area (Å²) in [6, 6.07) is 5.87. The lowest BCUT2D eigenvalue weighted by Gasteiger charge is -2.13. The van der Waals surface area contributed by atoms with Crippen LogP contribution in [0.3, 0.4) is 0 Å². The molecule has 0 aromatic carbocycles. The maximum atomic E-state index is 11.0. The smallest absolute Gasteiger partial charge is 0.346 e. The Morgan fingerprint density at radius 2 is 2.39 bits per heavy atom. The van der Waals surface area contributed by atoms with Gasteiger partial charge >= 0.3 is 5.97 Å². The first-order chi connectivity index (χ1) is 8.68. The fourth-order valence-electron chi connectivity index (χ4n) is 1.68. The van der Waals surface area contributed by atoms with Gasteiger partial charge in [0.15, 0.2) is 0 Å². The first-order valence-electron chi connectivity index (χ1n) is 5.61. The van der Waals surface area contributed by atoms with Crippen LogP contribution < -0.4 is 5.32 Å². The lowest BCUT2D eigenvalue weighted by atomic mass is 10.1. The molecule has 18 heavy (non-hydrogen) atoms. The Labute approximate surface area is 109 Å². The number of nitrogens with zero attached hydrogens (tertiary/aromatic N) is 1. The second-order valence-electron chi connectivity index (χ2n) is 3.97. The summed E-state index contributed by atoms with van der Waals surface area (Å²) in [5, 5.41) is 14.1. The summed E-state index contributed by atoms with van der Waals surface area (Å²) < 4.78 is 0. The van der Waals surface area contributed by atoms with Gasteiger partial charge in [0.1, 0.15) is 4.88 Å². The zero-order chi connectivity index (χ0) is 13.0. The van der Waals surface area contributed by atoms with Crippen molar-refractivity contribution < 1.29 is 9.90 Å². The number of carbonyl (C=O) groups is 1. The summed E-state index contributed by atoms with van der Waals surface area (Å²) >= 11 is 1.25. The van der Waals surface area contributed by atoms with Gasteiger partial charge in [0.25, 0.3) is 0 Å². The molecule has 0 unspecified atom stereocenters. The molecule has 94 valence electrons. The number of aromatic nitrogens is 1. The SMILES string of the molecule is C[C@@H](NCc1ccsc1C(=O)O)c1cccnc1. The Morgan fingerprint density at radius 1 is 1.56 bits per heavy atom. The number of aromatic carboxylic acids is 1. The van der Waals surface area contributed by atoms with E-state index in [0.717, 1.165) is 11.1 Å². The second-order valence-corrected chi connectivity index (χ2v) is 4.89. The van der Waals surface area contributed by atoms with E-state index in [1.165, 1.54) is 11.3 Å². The lowest BCUT2D eigenvalue weighted by molar-refractivity contribution is 0.0701. The van der Waals surface area contributed by atoms with E-state index in [4.69, 9.17) is 5.11 Å². The molecule has 0 aliphatic rings. The molecule has 0 aliphatic carbocycles. The van der Waals surface area contributed by atoms with Gasteiger partial charge in [-0.25, -0.2) is 4.79 Å². The molecule has 4 nitrogen and oxygen atoms in total. The van der Waals surface area contributed by atoms with Crippen LogP contribution in [-0.4, -0.2) is 16.1 Å². The predicted octanol–water partition coefficient (Wildman–Crippen LogP) is 2.69. The first kappa shape index (κ1) is 12.7. The van der Waals surface area contributed by atoms with Gasteiger partial charge in [-0.15, -0.1) is 11.3 Å². The van der Waals surface area contributed by atoms with Crippen molar-refractivity contribution in [3.8, 4) is 0 Å². The monoisotopic (exact) mass is 262 g/mol. The maximum absolute atomic E-state index is 11.0. The molecule has 0 aliphatic heterocycles. The minimum atomic E-state index is -0.865. The van der Waals surface area contributed by atoms with Crippen LogP contribution in [0.5, 0.6) is 0 Å². The van der Waals surface area contributed by atoms with Crippen LogP contribution in [0.15, 0.2) is 36.0 Å². The highest BCUT2D eigenvalue weighted by molar-refractivity contribution is 7.12. The van der Waals surface area contributed by atoms with Gasteiger partial charge in [-0.1, -0.05) is 6.07 Å². The number of carboxylic acids is 1. The third kappa shape index (κ3) is 2.94. The van der Waals surface area contributed by atoms with Gasteiger partial charge < -0.3 is 10.4 Å². The summed E-state index contributed by atoms with van der Waals surface area (Å²) in [4.78, 5) is 15.4. The van der Waals surface area contributed by atoms with E-state index in [9.17, 15) is 4.79 Å². The highest BCUT2D eigenvalue weighted by Gasteiger charge is 2.12. The van der Waals surface area contributed by atoms with E-state index in [2.05, 4.69) is 10.3 Å². The molecule has 5 heteroatoms. The number of thiophene rings is 1. The van der Waals surface area contributed by atoms with Gasteiger partial charge in [-0.2, -0.15) is 0 Å². The zero-order valence-corrected chi connectivity index (χ0v) is 10.8. The molecule has 0 spiro atoms. The van der Waals surface area contributed by atoms with Crippen molar-refractivity contribution in [1.29, 1.82) is 0 Å². The van der Waals surface area contributed by atoms with Crippen molar-refractivity contribution in [3.63, 3.8) is 0 Å². The Morgan fingerprint density at radius 3 is 3.06 bits per heavy atom. The predicted molar refractivity (Wildman–Crippen MR) is 70.8 cm³/mol. The van der Waals surface area contributed by atoms with Crippen molar-refractivity contribution in [2.24, 2.45) is 0 Å². The summed E-state index contributed by atoms with van der Waals surface area (Å²) in [6.45, 7) is 2.57. The summed E-state index contributed by atoms with van der Waals surface area (Å²) in [6.07, 6.45) is 3.54.